The largest absolute Gasteiger partial charge is 0.477 e. The molecule has 1 atom stereocenters. The molecule has 2 aromatic carbocycles. The molecule has 132 valence electrons. The molecule has 25 heavy (non-hydrogen) atoms. The van der Waals surface area contributed by atoms with Crippen molar-refractivity contribution in [3.05, 3.63) is 64.1 Å². The Hall–Kier alpha value is -1.89. The minimum atomic E-state index is -5.11. The highest BCUT2D eigenvalue weighted by Crippen LogP contribution is 2.39. The first-order valence-corrected chi connectivity index (χ1v) is 9.09. The number of ether oxygens (including phenoxy) is 1. The lowest BCUT2D eigenvalue weighted by Gasteiger charge is -2.19. The summed E-state index contributed by atoms with van der Waals surface area (Å²) >= 11 is 11.6. The Balaban J connectivity index is 2.44. The van der Waals surface area contributed by atoms with E-state index in [-0.39, 0.29) is 11.3 Å². The third kappa shape index (κ3) is 5.04. The van der Waals surface area contributed by atoms with E-state index in [2.05, 4.69) is 5.16 Å². The van der Waals surface area contributed by atoms with Crippen molar-refractivity contribution in [2.24, 2.45) is 5.16 Å². The number of benzene rings is 2. The van der Waals surface area contributed by atoms with Gasteiger partial charge in [-0.15, -0.1) is 0 Å². The third-order valence-corrected chi connectivity index (χ3v) is 4.44. The van der Waals surface area contributed by atoms with E-state index in [1.807, 2.05) is 0 Å². The smallest absolute Gasteiger partial charge is 0.381 e. The average Bonchev–Trinajstić information content (AvgIpc) is 2.54. The van der Waals surface area contributed by atoms with Crippen LogP contribution in [0.3, 0.4) is 0 Å². The highest BCUT2D eigenvalue weighted by atomic mass is 35.5. The molecule has 0 aromatic heterocycles. The number of carbonyl (C=O) groups is 1. The van der Waals surface area contributed by atoms with Gasteiger partial charge in [0.1, 0.15) is 5.75 Å². The van der Waals surface area contributed by atoms with Crippen LogP contribution < -0.4 is 4.74 Å². The fourth-order valence-electron chi connectivity index (χ4n) is 1.93. The highest BCUT2D eigenvalue weighted by molar-refractivity contribution is 7.73. The van der Waals surface area contributed by atoms with E-state index in [0.29, 0.717) is 10.0 Å². The molecule has 3 N–H and O–H groups in total. The van der Waals surface area contributed by atoms with Crippen molar-refractivity contribution in [1.29, 1.82) is 0 Å². The van der Waals surface area contributed by atoms with Crippen molar-refractivity contribution >= 4 is 42.0 Å². The van der Waals surface area contributed by atoms with E-state index in [1.54, 1.807) is 0 Å². The molecule has 0 saturated carbocycles. The number of halogens is 2. The summed E-state index contributed by atoms with van der Waals surface area (Å²) in [5.41, 5.74) is -1.04. The van der Waals surface area contributed by atoms with Crippen LogP contribution in [0.25, 0.3) is 0 Å². The summed E-state index contributed by atoms with van der Waals surface area (Å²) in [7, 11) is -5.11. The number of ketones is 1. The molecule has 10 heteroatoms. The second kappa shape index (κ2) is 7.99. The second-order valence-corrected chi connectivity index (χ2v) is 7.22. The lowest BCUT2D eigenvalue weighted by atomic mass is 10.1. The summed E-state index contributed by atoms with van der Waals surface area (Å²) in [4.78, 5) is 30.9. The van der Waals surface area contributed by atoms with Gasteiger partial charge in [0, 0.05) is 15.6 Å². The Morgan fingerprint density at radius 1 is 1.00 bits per heavy atom. The maximum atomic E-state index is 12.5. The van der Waals surface area contributed by atoms with E-state index >= 15 is 0 Å². The molecule has 0 bridgehead atoms. The molecule has 0 fully saturated rings. The second-order valence-electron chi connectivity index (χ2n) is 4.84. The first-order chi connectivity index (χ1) is 11.7. The quantitative estimate of drug-likeness (QED) is 0.293. The number of rotatable bonds is 6. The van der Waals surface area contributed by atoms with Crippen LogP contribution in [0.15, 0.2) is 53.7 Å². The van der Waals surface area contributed by atoms with E-state index in [0.717, 1.165) is 0 Å². The molecule has 0 aliphatic heterocycles. The molecule has 0 radical (unpaired) electrons. The summed E-state index contributed by atoms with van der Waals surface area (Å²) in [5, 5.41) is 12.1. The van der Waals surface area contributed by atoms with Crippen LogP contribution in [0.4, 0.5) is 0 Å². The van der Waals surface area contributed by atoms with E-state index in [1.165, 1.54) is 48.5 Å². The summed E-state index contributed by atoms with van der Waals surface area (Å²) in [6.45, 7) is 0. The molecule has 2 aromatic rings. The maximum Gasteiger partial charge on any atom is 0.381 e. The van der Waals surface area contributed by atoms with Gasteiger partial charge in [-0.3, -0.25) is 9.36 Å². The fraction of sp³-hybridized carbons (Fsp3) is 0.0667. The fourth-order valence-corrected chi connectivity index (χ4v) is 2.70. The standard InChI is InChI=1S/C15H12Cl2NO6P/c16-10-3-1-9(2-4-10)14(13(19)15(18-20)25(21,22)23)24-12-7-5-11(17)6-8-12/h1-8,14,20H,(H2,21,22,23)/b18-15-. The molecule has 0 heterocycles. The number of carbonyl (C=O) groups excluding carboxylic acids is 1. The number of nitrogens with zero attached hydrogens (tertiary/aromatic N) is 1. The molecule has 1 unspecified atom stereocenters. The van der Waals surface area contributed by atoms with Gasteiger partial charge in [-0.1, -0.05) is 40.5 Å². The molecule has 0 aliphatic rings. The number of hydrogen-bond donors (Lipinski definition) is 3. The summed E-state index contributed by atoms with van der Waals surface area (Å²) < 4.78 is 16.9. The number of Topliss-reactive ketones (excluding diaryl/α,β-unsaturated/α-hetero) is 1. The predicted octanol–water partition coefficient (Wildman–Crippen LogP) is 3.65. The van der Waals surface area contributed by atoms with Gasteiger partial charge in [-0.2, -0.15) is 0 Å². The normalized spacial score (nSPS) is 13.4. The van der Waals surface area contributed by atoms with Crippen LogP contribution in [0.2, 0.25) is 10.0 Å². The molecule has 0 saturated heterocycles. The Kier molecular flexibility index (Phi) is 6.21. The minimum absolute atomic E-state index is 0.223. The number of oxime groups is 1. The Morgan fingerprint density at radius 2 is 1.48 bits per heavy atom. The topological polar surface area (TPSA) is 116 Å². The van der Waals surface area contributed by atoms with Crippen LogP contribution in [-0.4, -0.2) is 26.2 Å². The van der Waals surface area contributed by atoms with Gasteiger partial charge in [0.15, 0.2) is 6.10 Å². The van der Waals surface area contributed by atoms with Crippen LogP contribution in [0, 0.1) is 0 Å². The van der Waals surface area contributed by atoms with Gasteiger partial charge in [0.25, 0.3) is 0 Å². The Morgan fingerprint density at radius 3 is 1.92 bits per heavy atom. The van der Waals surface area contributed by atoms with Crippen molar-refractivity contribution in [1.82, 2.24) is 0 Å². The van der Waals surface area contributed by atoms with E-state index in [4.69, 9.17) is 33.1 Å². The predicted molar refractivity (Wildman–Crippen MR) is 92.5 cm³/mol. The zero-order valence-corrected chi connectivity index (χ0v) is 14.8. The first-order valence-electron chi connectivity index (χ1n) is 6.72. The zero-order chi connectivity index (χ0) is 18.6. The van der Waals surface area contributed by atoms with Crippen molar-refractivity contribution in [3.8, 4) is 5.75 Å². The van der Waals surface area contributed by atoms with E-state index in [9.17, 15) is 19.1 Å². The van der Waals surface area contributed by atoms with Crippen molar-refractivity contribution in [2.75, 3.05) is 0 Å². The van der Waals surface area contributed by atoms with Gasteiger partial charge < -0.3 is 19.7 Å². The van der Waals surface area contributed by atoms with Crippen LogP contribution in [0.5, 0.6) is 5.75 Å². The zero-order valence-electron chi connectivity index (χ0n) is 12.4. The molecule has 7 nitrogen and oxygen atoms in total. The maximum absolute atomic E-state index is 12.5. The molecule has 2 rings (SSSR count). The average molecular weight is 404 g/mol. The number of hydrogen-bond acceptors (Lipinski definition) is 5. The van der Waals surface area contributed by atoms with Gasteiger partial charge in [-0.25, -0.2) is 0 Å². The Labute approximate surface area is 152 Å². The SMILES string of the molecule is O=C(/C(=N/O)P(=O)(O)O)C(Oc1ccc(Cl)cc1)c1ccc(Cl)cc1. The minimum Gasteiger partial charge on any atom is -0.477 e. The highest BCUT2D eigenvalue weighted by Gasteiger charge is 2.38. The van der Waals surface area contributed by atoms with Gasteiger partial charge in [0.05, 0.1) is 0 Å². The first kappa shape index (κ1) is 19.4. The van der Waals surface area contributed by atoms with E-state index < -0.39 is 24.9 Å². The van der Waals surface area contributed by atoms with Crippen molar-refractivity contribution < 1.29 is 29.1 Å². The van der Waals surface area contributed by atoms with Gasteiger partial charge in [0.2, 0.25) is 11.2 Å². The van der Waals surface area contributed by atoms with Crippen LogP contribution >= 0.6 is 30.8 Å². The van der Waals surface area contributed by atoms with Crippen LogP contribution in [0.1, 0.15) is 11.7 Å². The third-order valence-electron chi connectivity index (χ3n) is 3.07. The Bertz CT molecular complexity index is 832. The molecular formula is C15H12Cl2NO6P. The van der Waals surface area contributed by atoms with Crippen molar-refractivity contribution in [2.45, 2.75) is 6.10 Å². The summed E-state index contributed by atoms with van der Waals surface area (Å²) in [5.74, 6) is -0.964. The molecule has 0 aliphatic carbocycles. The van der Waals surface area contributed by atoms with Crippen LogP contribution in [-0.2, 0) is 9.36 Å². The monoisotopic (exact) mass is 403 g/mol. The molecule has 0 spiro atoms. The lowest BCUT2D eigenvalue weighted by molar-refractivity contribution is -0.119. The van der Waals surface area contributed by atoms with Gasteiger partial charge in [-0.05, 0) is 36.4 Å². The summed E-state index contributed by atoms with van der Waals surface area (Å²) in [6, 6.07) is 11.9. The summed E-state index contributed by atoms with van der Waals surface area (Å²) in [6.07, 6.45) is -1.46. The van der Waals surface area contributed by atoms with Crippen molar-refractivity contribution in [3.63, 3.8) is 0 Å². The molecular weight excluding hydrogens is 392 g/mol. The van der Waals surface area contributed by atoms with Gasteiger partial charge >= 0.3 is 7.60 Å². The molecule has 0 amide bonds. The lowest BCUT2D eigenvalue weighted by Crippen LogP contribution is -2.26.